The van der Waals surface area contributed by atoms with Gasteiger partial charge in [0, 0.05) is 24.3 Å². The van der Waals surface area contributed by atoms with E-state index >= 15 is 0 Å². The largest absolute Gasteiger partial charge is 0.457 e. The van der Waals surface area contributed by atoms with Crippen LogP contribution >= 0.6 is 0 Å². The van der Waals surface area contributed by atoms with Crippen LogP contribution in [0.5, 0.6) is 11.5 Å². The summed E-state index contributed by atoms with van der Waals surface area (Å²) < 4.78 is 71.5. The zero-order valence-electron chi connectivity index (χ0n) is 16.5. The summed E-state index contributed by atoms with van der Waals surface area (Å²) in [6.45, 7) is 0.422. The summed E-state index contributed by atoms with van der Waals surface area (Å²) in [5.74, 6) is -0.138. The van der Waals surface area contributed by atoms with E-state index in [1.54, 1.807) is 24.4 Å². The molecular formula is C22H22F3N2O3S+. The van der Waals surface area contributed by atoms with Crippen molar-refractivity contribution >= 4 is 15.7 Å². The highest BCUT2D eigenvalue weighted by atomic mass is 32.2. The van der Waals surface area contributed by atoms with E-state index < -0.39 is 27.0 Å². The lowest BCUT2D eigenvalue weighted by Gasteiger charge is -2.34. The Morgan fingerprint density at radius 2 is 1.74 bits per heavy atom. The van der Waals surface area contributed by atoms with E-state index in [-0.39, 0.29) is 28.5 Å². The zero-order valence-corrected chi connectivity index (χ0v) is 17.4. The highest BCUT2D eigenvalue weighted by Crippen LogP contribution is 2.42. The lowest BCUT2D eigenvalue weighted by molar-refractivity contribution is -0.138. The molecule has 0 radical (unpaired) electrons. The Bertz CT molecular complexity index is 1140. The van der Waals surface area contributed by atoms with Crippen molar-refractivity contribution in [1.82, 2.24) is 3.89 Å². The Labute approximate surface area is 178 Å². The molecule has 0 amide bonds. The van der Waals surface area contributed by atoms with E-state index in [9.17, 15) is 21.6 Å². The molecule has 2 aromatic rings. The molecule has 1 fully saturated rings. The van der Waals surface area contributed by atoms with E-state index in [4.69, 9.17) is 10.5 Å². The SMILES string of the molecule is NCC1=C[N+](c2ccc(Oc3ccccc3C(F)(F)F)cc2)(S(=O)(=O)C2CC2)CC=C1. The van der Waals surface area contributed by atoms with Gasteiger partial charge in [0.05, 0.1) is 5.56 Å². The Kier molecular flexibility index (Phi) is 5.45. The molecule has 0 spiro atoms. The first-order valence-corrected chi connectivity index (χ1v) is 11.3. The normalized spacial score (nSPS) is 21.6. The van der Waals surface area contributed by atoms with Gasteiger partial charge >= 0.3 is 16.2 Å². The molecule has 0 saturated heterocycles. The number of sulfonamides is 1. The summed E-state index contributed by atoms with van der Waals surface area (Å²) in [6.07, 6.45) is 1.94. The van der Waals surface area contributed by atoms with E-state index in [2.05, 4.69) is 0 Å². The number of ether oxygens (including phenoxy) is 1. The van der Waals surface area contributed by atoms with Crippen LogP contribution in [0.4, 0.5) is 18.9 Å². The van der Waals surface area contributed by atoms with Crippen molar-refractivity contribution in [1.29, 1.82) is 0 Å². The van der Waals surface area contributed by atoms with Crippen LogP contribution in [0.15, 0.2) is 72.5 Å². The van der Waals surface area contributed by atoms with Gasteiger partial charge in [-0.25, -0.2) is 0 Å². The van der Waals surface area contributed by atoms with Crippen LogP contribution in [0.3, 0.4) is 0 Å². The van der Waals surface area contributed by atoms with Crippen LogP contribution in [0.25, 0.3) is 0 Å². The maximum Gasteiger partial charge on any atom is 0.419 e. The number of rotatable bonds is 6. The molecule has 1 atom stereocenters. The minimum Gasteiger partial charge on any atom is -0.457 e. The number of alkyl halides is 3. The molecular weight excluding hydrogens is 429 g/mol. The molecule has 2 aliphatic rings. The maximum absolute atomic E-state index is 13.4. The van der Waals surface area contributed by atoms with Crippen molar-refractivity contribution < 1.29 is 26.3 Å². The van der Waals surface area contributed by atoms with Gasteiger partial charge in [-0.3, -0.25) is 0 Å². The number of quaternary nitrogens is 1. The van der Waals surface area contributed by atoms with Crippen molar-refractivity contribution in [3.05, 3.63) is 78.0 Å². The van der Waals surface area contributed by atoms with Gasteiger partial charge in [0.2, 0.25) is 0 Å². The average molecular weight is 451 g/mol. The Morgan fingerprint density at radius 1 is 1.06 bits per heavy atom. The van der Waals surface area contributed by atoms with Crippen LogP contribution in [0.2, 0.25) is 0 Å². The van der Waals surface area contributed by atoms with Gasteiger partial charge < -0.3 is 10.5 Å². The second-order valence-electron chi connectivity index (χ2n) is 7.59. The summed E-state index contributed by atoms with van der Waals surface area (Å²) in [6, 6.07) is 11.1. The van der Waals surface area contributed by atoms with Crippen molar-refractivity contribution in [2.45, 2.75) is 24.3 Å². The van der Waals surface area contributed by atoms with Crippen LogP contribution < -0.4 is 14.4 Å². The van der Waals surface area contributed by atoms with Crippen LogP contribution in [-0.2, 0) is 16.2 Å². The molecule has 0 aromatic heterocycles. The number of halogens is 3. The van der Waals surface area contributed by atoms with E-state index in [0.717, 1.165) is 6.07 Å². The molecule has 0 bridgehead atoms. The molecule has 2 aromatic carbocycles. The fourth-order valence-electron chi connectivity index (χ4n) is 3.66. The topological polar surface area (TPSA) is 69.4 Å². The first kappa shape index (κ1) is 21.6. The van der Waals surface area contributed by atoms with Gasteiger partial charge in [-0.2, -0.15) is 25.5 Å². The fraction of sp³-hybridized carbons (Fsp3) is 0.273. The molecule has 2 N–H and O–H groups in total. The van der Waals surface area contributed by atoms with Crippen LogP contribution in [-0.4, -0.2) is 26.8 Å². The molecule has 1 aliphatic carbocycles. The van der Waals surface area contributed by atoms with E-state index in [0.29, 0.717) is 24.1 Å². The molecule has 1 heterocycles. The minimum absolute atomic E-state index is 0.179. The third-order valence-electron chi connectivity index (χ3n) is 5.41. The minimum atomic E-state index is -4.55. The second kappa shape index (κ2) is 7.81. The Balaban J connectivity index is 1.70. The molecule has 1 unspecified atom stereocenters. The predicted octanol–water partition coefficient (Wildman–Crippen LogP) is 4.71. The fourth-order valence-corrected chi connectivity index (χ4v) is 5.92. The first-order valence-electron chi connectivity index (χ1n) is 9.82. The van der Waals surface area contributed by atoms with Crippen LogP contribution in [0.1, 0.15) is 18.4 Å². The quantitative estimate of drug-likeness (QED) is 0.646. The molecule has 31 heavy (non-hydrogen) atoms. The highest BCUT2D eigenvalue weighted by Gasteiger charge is 2.52. The summed E-state index contributed by atoms with van der Waals surface area (Å²) in [5, 5.41) is -0.413. The van der Waals surface area contributed by atoms with Gasteiger partial charge in [-0.05, 0) is 43.2 Å². The molecule has 1 saturated carbocycles. The van der Waals surface area contributed by atoms with E-state index in [1.165, 1.54) is 30.3 Å². The number of hydrogen-bond donors (Lipinski definition) is 1. The van der Waals surface area contributed by atoms with Crippen molar-refractivity contribution in [2.24, 2.45) is 5.73 Å². The molecule has 9 heteroatoms. The molecule has 164 valence electrons. The molecule has 1 aliphatic heterocycles. The van der Waals surface area contributed by atoms with Crippen molar-refractivity contribution in [2.75, 3.05) is 13.1 Å². The summed E-state index contributed by atoms with van der Waals surface area (Å²) >= 11 is 0. The number of nitrogens with two attached hydrogens (primary N) is 1. The van der Waals surface area contributed by atoms with Gasteiger partial charge in [0.15, 0.2) is 5.69 Å². The van der Waals surface area contributed by atoms with E-state index in [1.807, 2.05) is 6.08 Å². The third-order valence-corrected chi connectivity index (χ3v) is 8.10. The monoisotopic (exact) mass is 451 g/mol. The van der Waals surface area contributed by atoms with Crippen molar-refractivity contribution in [3.8, 4) is 11.5 Å². The smallest absolute Gasteiger partial charge is 0.419 e. The Hall–Kier alpha value is -2.62. The lowest BCUT2D eigenvalue weighted by Crippen LogP contribution is -2.52. The number of para-hydroxylation sites is 1. The Morgan fingerprint density at radius 3 is 2.35 bits per heavy atom. The highest BCUT2D eigenvalue weighted by molar-refractivity contribution is 7.92. The third kappa shape index (κ3) is 4.00. The maximum atomic E-state index is 13.4. The number of nitrogens with zero attached hydrogens (tertiary/aromatic N) is 1. The predicted molar refractivity (Wildman–Crippen MR) is 113 cm³/mol. The second-order valence-corrected chi connectivity index (χ2v) is 9.94. The van der Waals surface area contributed by atoms with Gasteiger partial charge in [0.1, 0.15) is 29.5 Å². The molecule has 4 rings (SSSR count). The van der Waals surface area contributed by atoms with Crippen molar-refractivity contribution in [3.63, 3.8) is 0 Å². The number of benzene rings is 2. The zero-order chi connectivity index (χ0) is 22.3. The van der Waals surface area contributed by atoms with Gasteiger partial charge in [0.25, 0.3) is 0 Å². The molecule has 5 nitrogen and oxygen atoms in total. The summed E-state index contributed by atoms with van der Waals surface area (Å²) in [5.41, 5.74) is 6.07. The summed E-state index contributed by atoms with van der Waals surface area (Å²) in [4.78, 5) is 0. The standard InChI is InChI=1S/C22H22F3N2O3S/c23-22(24,25)20-5-1-2-6-21(20)30-18-9-7-17(8-10-18)27(31(28,29)19-11-12-19)13-3-4-16(14-26)15-27/h1-10,15,19H,11-14,26H2/q+1. The average Bonchev–Trinajstić information content (AvgIpc) is 3.60. The summed E-state index contributed by atoms with van der Waals surface area (Å²) in [7, 11) is -3.58. The van der Waals surface area contributed by atoms with Gasteiger partial charge in [-0.1, -0.05) is 18.2 Å². The lowest BCUT2D eigenvalue weighted by atomic mass is 10.1. The van der Waals surface area contributed by atoms with Gasteiger partial charge in [-0.15, -0.1) is 0 Å². The first-order chi connectivity index (χ1) is 14.7. The number of hydrogen-bond acceptors (Lipinski definition) is 4. The van der Waals surface area contributed by atoms with Crippen LogP contribution in [0, 0.1) is 0 Å².